The minimum absolute atomic E-state index is 0.0175. The van der Waals surface area contributed by atoms with Gasteiger partial charge in [-0.3, -0.25) is 14.4 Å². The summed E-state index contributed by atoms with van der Waals surface area (Å²) in [4.78, 5) is 47.8. The molecule has 0 radical (unpaired) electrons. The van der Waals surface area contributed by atoms with E-state index < -0.39 is 47.6 Å². The van der Waals surface area contributed by atoms with Gasteiger partial charge in [-0.15, -0.1) is 0 Å². The number of amides is 2. The predicted molar refractivity (Wildman–Crippen MR) is 97.5 cm³/mol. The number of benzene rings is 1. The molecule has 9 heteroatoms. The van der Waals surface area contributed by atoms with Gasteiger partial charge in [0.2, 0.25) is 11.8 Å². The number of rotatable bonds is 9. The molecule has 0 heterocycles. The van der Waals surface area contributed by atoms with Gasteiger partial charge < -0.3 is 20.1 Å². The molecule has 0 saturated carbocycles. The molecule has 28 heavy (non-hydrogen) atoms. The summed E-state index contributed by atoms with van der Waals surface area (Å²) < 4.78 is 22.7. The molecule has 0 aromatic heterocycles. The van der Waals surface area contributed by atoms with E-state index in [0.717, 1.165) is 7.11 Å². The Morgan fingerprint density at radius 2 is 1.68 bits per heavy atom. The summed E-state index contributed by atoms with van der Waals surface area (Å²) in [6.45, 7) is 2.79. The number of halogens is 1. The Bertz CT molecular complexity index is 724. The van der Waals surface area contributed by atoms with Crippen LogP contribution in [0, 0.1) is 11.7 Å². The van der Waals surface area contributed by atoms with Gasteiger partial charge >= 0.3 is 11.9 Å². The average molecular weight is 396 g/mol. The van der Waals surface area contributed by atoms with Crippen LogP contribution >= 0.6 is 0 Å². The summed E-state index contributed by atoms with van der Waals surface area (Å²) in [5, 5.41) is 4.97. The third-order valence-corrected chi connectivity index (χ3v) is 4.02. The third kappa shape index (κ3) is 7.34. The van der Waals surface area contributed by atoms with Crippen molar-refractivity contribution in [1.82, 2.24) is 10.6 Å². The minimum Gasteiger partial charge on any atom is -0.469 e. The Morgan fingerprint density at radius 3 is 2.21 bits per heavy atom. The van der Waals surface area contributed by atoms with Gasteiger partial charge in [-0.1, -0.05) is 19.1 Å². The van der Waals surface area contributed by atoms with Gasteiger partial charge in [-0.25, -0.2) is 9.18 Å². The standard InChI is InChI=1S/C19H25FN2O6/c1-11(18(25)27-3)8-16(19(26)28-4)22-17(24)15(21-12(2)23)10-13-6-5-7-14(20)9-13/h5-7,9,11,15-16H,8,10H2,1-4H3,(H,21,23)(H,22,24)/t11-,15-,16-/m0/s1. The molecule has 2 amide bonds. The van der Waals surface area contributed by atoms with E-state index in [-0.39, 0.29) is 12.8 Å². The molecule has 0 bridgehead atoms. The van der Waals surface area contributed by atoms with Crippen LogP contribution in [-0.4, -0.2) is 50.1 Å². The van der Waals surface area contributed by atoms with Crippen molar-refractivity contribution in [3.05, 3.63) is 35.6 Å². The van der Waals surface area contributed by atoms with Crippen LogP contribution in [0.5, 0.6) is 0 Å². The van der Waals surface area contributed by atoms with Gasteiger partial charge in [0.15, 0.2) is 0 Å². The zero-order valence-electron chi connectivity index (χ0n) is 16.3. The Morgan fingerprint density at radius 1 is 1.04 bits per heavy atom. The van der Waals surface area contributed by atoms with Crippen molar-refractivity contribution in [1.29, 1.82) is 0 Å². The summed E-state index contributed by atoms with van der Waals surface area (Å²) in [6.07, 6.45) is -0.0263. The molecule has 0 aliphatic heterocycles. The first kappa shape index (κ1) is 23.1. The highest BCUT2D eigenvalue weighted by atomic mass is 19.1. The van der Waals surface area contributed by atoms with E-state index in [9.17, 15) is 23.6 Å². The normalized spacial score (nSPS) is 13.6. The van der Waals surface area contributed by atoms with Crippen LogP contribution in [0.1, 0.15) is 25.8 Å². The lowest BCUT2D eigenvalue weighted by Gasteiger charge is -2.23. The average Bonchev–Trinajstić information content (AvgIpc) is 2.65. The molecule has 0 aliphatic carbocycles. The molecule has 0 unspecified atom stereocenters. The summed E-state index contributed by atoms with van der Waals surface area (Å²) in [5.74, 6) is -3.55. The SMILES string of the molecule is COC(=O)[C@H](C[C@H](C)C(=O)OC)NC(=O)[C@H](Cc1cccc(F)c1)NC(C)=O. The van der Waals surface area contributed by atoms with E-state index in [1.807, 2.05) is 0 Å². The Kier molecular flexibility index (Phi) is 9.07. The number of carbonyl (C=O) groups excluding carboxylic acids is 4. The molecule has 2 N–H and O–H groups in total. The lowest BCUT2D eigenvalue weighted by atomic mass is 10.0. The summed E-state index contributed by atoms with van der Waals surface area (Å²) in [7, 11) is 2.37. The molecule has 1 rings (SSSR count). The second-order valence-electron chi connectivity index (χ2n) is 6.33. The van der Waals surface area contributed by atoms with Gasteiger partial charge in [-0.2, -0.15) is 0 Å². The predicted octanol–water partition coefficient (Wildman–Crippen LogP) is 0.730. The smallest absolute Gasteiger partial charge is 0.328 e. The van der Waals surface area contributed by atoms with Gasteiger partial charge in [0, 0.05) is 13.3 Å². The molecule has 1 aromatic rings. The summed E-state index contributed by atoms with van der Waals surface area (Å²) in [5.41, 5.74) is 0.492. The van der Waals surface area contributed by atoms with Crippen LogP contribution in [0.15, 0.2) is 24.3 Å². The third-order valence-electron chi connectivity index (χ3n) is 4.02. The Balaban J connectivity index is 2.95. The molecule has 1 aromatic carbocycles. The zero-order chi connectivity index (χ0) is 21.3. The van der Waals surface area contributed by atoms with Crippen molar-refractivity contribution in [2.45, 2.75) is 38.8 Å². The lowest BCUT2D eigenvalue weighted by Crippen LogP contribution is -2.53. The number of hydrogen-bond donors (Lipinski definition) is 2. The molecule has 0 saturated heterocycles. The monoisotopic (exact) mass is 396 g/mol. The lowest BCUT2D eigenvalue weighted by molar-refractivity contribution is -0.149. The van der Waals surface area contributed by atoms with Crippen LogP contribution in [-0.2, 0) is 35.1 Å². The van der Waals surface area contributed by atoms with Crippen LogP contribution in [0.25, 0.3) is 0 Å². The van der Waals surface area contributed by atoms with Crippen molar-refractivity contribution < 1.29 is 33.0 Å². The van der Waals surface area contributed by atoms with E-state index in [2.05, 4.69) is 20.1 Å². The second-order valence-corrected chi connectivity index (χ2v) is 6.33. The summed E-state index contributed by atoms with van der Waals surface area (Å²) >= 11 is 0. The van der Waals surface area contributed by atoms with E-state index in [1.165, 1.54) is 32.2 Å². The van der Waals surface area contributed by atoms with Crippen molar-refractivity contribution in [2.24, 2.45) is 5.92 Å². The highest BCUT2D eigenvalue weighted by molar-refractivity contribution is 5.90. The van der Waals surface area contributed by atoms with Crippen LogP contribution in [0.2, 0.25) is 0 Å². The Hall–Kier alpha value is -2.97. The van der Waals surface area contributed by atoms with E-state index in [1.54, 1.807) is 13.0 Å². The maximum atomic E-state index is 13.4. The highest BCUT2D eigenvalue weighted by Gasteiger charge is 2.30. The topological polar surface area (TPSA) is 111 Å². The maximum Gasteiger partial charge on any atom is 0.328 e. The van der Waals surface area contributed by atoms with Crippen LogP contribution in [0.3, 0.4) is 0 Å². The highest BCUT2D eigenvalue weighted by Crippen LogP contribution is 2.11. The second kappa shape index (κ2) is 11.0. The molecule has 3 atom stereocenters. The number of ether oxygens (including phenoxy) is 2. The molecule has 154 valence electrons. The number of carbonyl (C=O) groups is 4. The first-order valence-electron chi connectivity index (χ1n) is 8.65. The number of methoxy groups -OCH3 is 2. The van der Waals surface area contributed by atoms with Gasteiger partial charge in [-0.05, 0) is 24.1 Å². The molecule has 0 spiro atoms. The first-order valence-corrected chi connectivity index (χ1v) is 8.65. The fourth-order valence-corrected chi connectivity index (χ4v) is 2.63. The van der Waals surface area contributed by atoms with Gasteiger partial charge in [0.05, 0.1) is 20.1 Å². The fraction of sp³-hybridized carbons (Fsp3) is 0.474. The maximum absolute atomic E-state index is 13.4. The molecule has 8 nitrogen and oxygen atoms in total. The van der Waals surface area contributed by atoms with Crippen molar-refractivity contribution in [2.75, 3.05) is 14.2 Å². The molecular formula is C19H25FN2O6. The van der Waals surface area contributed by atoms with Gasteiger partial charge in [0.1, 0.15) is 17.9 Å². The molecule has 0 fully saturated rings. The summed E-state index contributed by atoms with van der Waals surface area (Å²) in [6, 6.07) is 3.46. The number of nitrogens with one attached hydrogen (secondary N) is 2. The quantitative estimate of drug-likeness (QED) is 0.596. The fourth-order valence-electron chi connectivity index (χ4n) is 2.63. The van der Waals surface area contributed by atoms with E-state index in [0.29, 0.717) is 5.56 Å². The number of hydrogen-bond acceptors (Lipinski definition) is 6. The largest absolute Gasteiger partial charge is 0.469 e. The zero-order valence-corrected chi connectivity index (χ0v) is 16.3. The van der Waals surface area contributed by atoms with Crippen molar-refractivity contribution >= 4 is 23.8 Å². The Labute approximate surface area is 162 Å². The van der Waals surface area contributed by atoms with Crippen LogP contribution in [0.4, 0.5) is 4.39 Å². The van der Waals surface area contributed by atoms with Crippen LogP contribution < -0.4 is 10.6 Å². The van der Waals surface area contributed by atoms with E-state index in [4.69, 9.17) is 0 Å². The van der Waals surface area contributed by atoms with Crippen molar-refractivity contribution in [3.8, 4) is 0 Å². The van der Waals surface area contributed by atoms with Gasteiger partial charge in [0.25, 0.3) is 0 Å². The first-order chi connectivity index (χ1) is 13.2. The molecular weight excluding hydrogens is 371 g/mol. The van der Waals surface area contributed by atoms with Crippen molar-refractivity contribution in [3.63, 3.8) is 0 Å². The molecule has 0 aliphatic rings. The van der Waals surface area contributed by atoms with E-state index >= 15 is 0 Å². The minimum atomic E-state index is -1.12. The number of esters is 2.